The molecule has 2 rings (SSSR count). The Balaban J connectivity index is 2.39. The molecule has 0 saturated carbocycles. The van der Waals surface area contributed by atoms with E-state index < -0.39 is 5.97 Å². The van der Waals surface area contributed by atoms with Crippen molar-refractivity contribution in [1.82, 2.24) is 9.97 Å². The Labute approximate surface area is 112 Å². The van der Waals surface area contributed by atoms with Gasteiger partial charge in [-0.2, -0.15) is 0 Å². The molecule has 1 aromatic heterocycles. The summed E-state index contributed by atoms with van der Waals surface area (Å²) in [5, 5.41) is 12.0. The van der Waals surface area contributed by atoms with E-state index in [0.717, 1.165) is 10.2 Å². The third kappa shape index (κ3) is 2.84. The summed E-state index contributed by atoms with van der Waals surface area (Å²) < 4.78 is 0.898. The molecular formula is C12H10BrN3O2. The lowest BCUT2D eigenvalue weighted by atomic mass is 10.2. The molecule has 0 amide bonds. The molecule has 2 aromatic rings. The minimum Gasteiger partial charge on any atom is -0.477 e. The lowest BCUT2D eigenvalue weighted by molar-refractivity contribution is 0.0697. The maximum atomic E-state index is 11.1. The summed E-state index contributed by atoms with van der Waals surface area (Å²) in [7, 11) is 0. The van der Waals surface area contributed by atoms with Gasteiger partial charge >= 0.3 is 5.97 Å². The molecule has 0 fully saturated rings. The maximum Gasteiger partial charge on any atom is 0.341 e. The van der Waals surface area contributed by atoms with Gasteiger partial charge in [0.1, 0.15) is 17.2 Å². The van der Waals surface area contributed by atoms with Crippen LogP contribution in [0.2, 0.25) is 0 Å². The number of aromatic carboxylic acids is 1. The van der Waals surface area contributed by atoms with Gasteiger partial charge in [0.25, 0.3) is 0 Å². The molecule has 5 nitrogen and oxygen atoms in total. The van der Waals surface area contributed by atoms with Crippen LogP contribution >= 0.6 is 15.9 Å². The SMILES string of the molecule is Cc1ncc(C(=O)O)c(Nc2cccc(Br)c2)n1. The van der Waals surface area contributed by atoms with Crippen molar-refractivity contribution in [2.24, 2.45) is 0 Å². The Morgan fingerprint density at radius 3 is 2.89 bits per heavy atom. The number of carboxylic acids is 1. The number of halogens is 1. The van der Waals surface area contributed by atoms with Gasteiger partial charge in [0, 0.05) is 16.4 Å². The highest BCUT2D eigenvalue weighted by molar-refractivity contribution is 9.10. The summed E-state index contributed by atoms with van der Waals surface area (Å²) >= 11 is 3.35. The molecular weight excluding hydrogens is 298 g/mol. The van der Waals surface area contributed by atoms with Gasteiger partial charge in [-0.1, -0.05) is 22.0 Å². The minimum absolute atomic E-state index is 0.0422. The predicted octanol–water partition coefficient (Wildman–Crippen LogP) is 2.99. The molecule has 0 radical (unpaired) electrons. The number of rotatable bonds is 3. The third-order valence-electron chi connectivity index (χ3n) is 2.23. The standard InChI is InChI=1S/C12H10BrN3O2/c1-7-14-6-10(12(17)18)11(15-7)16-9-4-2-3-8(13)5-9/h2-6H,1H3,(H,17,18)(H,14,15,16). The molecule has 0 bridgehead atoms. The quantitative estimate of drug-likeness (QED) is 0.911. The van der Waals surface area contributed by atoms with Crippen molar-refractivity contribution in [3.63, 3.8) is 0 Å². The molecule has 0 aliphatic carbocycles. The smallest absolute Gasteiger partial charge is 0.341 e. The zero-order chi connectivity index (χ0) is 13.1. The van der Waals surface area contributed by atoms with Crippen molar-refractivity contribution in [1.29, 1.82) is 0 Å². The van der Waals surface area contributed by atoms with E-state index in [1.165, 1.54) is 6.20 Å². The average Bonchev–Trinajstić information content (AvgIpc) is 2.28. The normalized spacial score (nSPS) is 10.1. The lowest BCUT2D eigenvalue weighted by Gasteiger charge is -2.09. The Hall–Kier alpha value is -1.95. The van der Waals surface area contributed by atoms with Crippen LogP contribution in [0.3, 0.4) is 0 Å². The molecule has 18 heavy (non-hydrogen) atoms. The first-order chi connectivity index (χ1) is 8.56. The molecule has 0 unspecified atom stereocenters. The zero-order valence-corrected chi connectivity index (χ0v) is 11.1. The average molecular weight is 308 g/mol. The van der Waals surface area contributed by atoms with Gasteiger partial charge < -0.3 is 10.4 Å². The second-order valence-electron chi connectivity index (χ2n) is 3.62. The van der Waals surface area contributed by atoms with Crippen LogP contribution < -0.4 is 5.32 Å². The fraction of sp³-hybridized carbons (Fsp3) is 0.0833. The summed E-state index contributed by atoms with van der Waals surface area (Å²) in [6, 6.07) is 7.40. The van der Waals surface area contributed by atoms with Crippen molar-refractivity contribution in [3.8, 4) is 0 Å². The van der Waals surface area contributed by atoms with E-state index in [-0.39, 0.29) is 11.4 Å². The highest BCUT2D eigenvalue weighted by atomic mass is 79.9. The first kappa shape index (κ1) is 12.5. The van der Waals surface area contributed by atoms with Crippen LogP contribution in [0.1, 0.15) is 16.2 Å². The summed E-state index contributed by atoms with van der Waals surface area (Å²) in [6.45, 7) is 1.71. The van der Waals surface area contributed by atoms with Crippen molar-refractivity contribution >= 4 is 33.4 Å². The second-order valence-corrected chi connectivity index (χ2v) is 4.54. The van der Waals surface area contributed by atoms with Crippen molar-refractivity contribution in [3.05, 3.63) is 46.3 Å². The number of hydrogen-bond donors (Lipinski definition) is 2. The van der Waals surface area contributed by atoms with Gasteiger partial charge in [0.2, 0.25) is 0 Å². The number of anilines is 2. The van der Waals surface area contributed by atoms with Crippen LogP contribution in [0.25, 0.3) is 0 Å². The number of carbonyl (C=O) groups is 1. The molecule has 0 aliphatic rings. The fourth-order valence-electron chi connectivity index (χ4n) is 1.42. The summed E-state index contributed by atoms with van der Waals surface area (Å²) in [5.74, 6) is -0.266. The molecule has 2 N–H and O–H groups in total. The Bertz CT molecular complexity index is 602. The number of benzene rings is 1. The van der Waals surface area contributed by atoms with Crippen LogP contribution in [0.15, 0.2) is 34.9 Å². The molecule has 92 valence electrons. The zero-order valence-electron chi connectivity index (χ0n) is 9.51. The molecule has 0 aliphatic heterocycles. The van der Waals surface area contributed by atoms with Crippen molar-refractivity contribution in [2.45, 2.75) is 6.92 Å². The topological polar surface area (TPSA) is 75.1 Å². The van der Waals surface area contributed by atoms with Gasteiger partial charge in [-0.15, -0.1) is 0 Å². The van der Waals surface area contributed by atoms with Crippen LogP contribution in [0, 0.1) is 6.92 Å². The first-order valence-electron chi connectivity index (χ1n) is 5.16. The predicted molar refractivity (Wildman–Crippen MR) is 71.2 cm³/mol. The van der Waals surface area contributed by atoms with E-state index in [2.05, 4.69) is 31.2 Å². The summed E-state index contributed by atoms with van der Waals surface area (Å²) in [4.78, 5) is 19.0. The van der Waals surface area contributed by atoms with Gasteiger partial charge in [-0.25, -0.2) is 14.8 Å². The van der Waals surface area contributed by atoms with Gasteiger partial charge in [-0.3, -0.25) is 0 Å². The van der Waals surface area contributed by atoms with E-state index in [4.69, 9.17) is 5.11 Å². The van der Waals surface area contributed by atoms with Gasteiger partial charge in [0.15, 0.2) is 0 Å². The maximum absolute atomic E-state index is 11.1. The number of hydrogen-bond acceptors (Lipinski definition) is 4. The van der Waals surface area contributed by atoms with E-state index >= 15 is 0 Å². The highest BCUT2D eigenvalue weighted by Crippen LogP contribution is 2.21. The number of nitrogens with zero attached hydrogens (tertiary/aromatic N) is 2. The Morgan fingerprint density at radius 1 is 1.44 bits per heavy atom. The molecule has 0 saturated heterocycles. The number of aromatic nitrogens is 2. The number of nitrogens with one attached hydrogen (secondary N) is 1. The van der Waals surface area contributed by atoms with Gasteiger partial charge in [-0.05, 0) is 25.1 Å². The molecule has 0 atom stereocenters. The number of aryl methyl sites for hydroxylation is 1. The van der Waals surface area contributed by atoms with Crippen molar-refractivity contribution in [2.75, 3.05) is 5.32 Å². The van der Waals surface area contributed by atoms with Crippen molar-refractivity contribution < 1.29 is 9.90 Å². The Kier molecular flexibility index (Phi) is 3.57. The van der Waals surface area contributed by atoms with Gasteiger partial charge in [0.05, 0.1) is 0 Å². The monoisotopic (exact) mass is 307 g/mol. The first-order valence-corrected chi connectivity index (χ1v) is 5.95. The highest BCUT2D eigenvalue weighted by Gasteiger charge is 2.12. The molecule has 0 spiro atoms. The van der Waals surface area contributed by atoms with E-state index in [1.54, 1.807) is 6.92 Å². The summed E-state index contributed by atoms with van der Waals surface area (Å²) in [5.41, 5.74) is 0.797. The number of carboxylic acid groups (broad SMARTS) is 1. The van der Waals surface area contributed by atoms with E-state index in [0.29, 0.717) is 5.82 Å². The van der Waals surface area contributed by atoms with E-state index in [9.17, 15) is 4.79 Å². The van der Waals surface area contributed by atoms with Crippen LogP contribution in [-0.2, 0) is 0 Å². The molecule has 1 aromatic carbocycles. The molecule has 1 heterocycles. The van der Waals surface area contributed by atoms with E-state index in [1.807, 2.05) is 24.3 Å². The lowest BCUT2D eigenvalue weighted by Crippen LogP contribution is -2.07. The largest absolute Gasteiger partial charge is 0.477 e. The molecule has 6 heteroatoms. The van der Waals surface area contributed by atoms with Crippen LogP contribution in [0.5, 0.6) is 0 Å². The Morgan fingerprint density at radius 2 is 2.22 bits per heavy atom. The third-order valence-corrected chi connectivity index (χ3v) is 2.72. The van der Waals surface area contributed by atoms with Crippen LogP contribution in [-0.4, -0.2) is 21.0 Å². The second kappa shape index (κ2) is 5.14. The fourth-order valence-corrected chi connectivity index (χ4v) is 1.82. The minimum atomic E-state index is -1.06. The van der Waals surface area contributed by atoms with Crippen LogP contribution in [0.4, 0.5) is 11.5 Å². The summed E-state index contributed by atoms with van der Waals surface area (Å²) in [6.07, 6.45) is 1.30.